The van der Waals surface area contributed by atoms with Crippen molar-refractivity contribution in [1.29, 1.82) is 0 Å². The molecule has 0 amide bonds. The van der Waals surface area contributed by atoms with Crippen LogP contribution in [0.1, 0.15) is 54.2 Å². The van der Waals surface area contributed by atoms with Crippen LogP contribution >= 0.6 is 0 Å². The summed E-state index contributed by atoms with van der Waals surface area (Å²) in [7, 11) is -0.0811. The van der Waals surface area contributed by atoms with Crippen molar-refractivity contribution < 1.29 is 22.1 Å². The van der Waals surface area contributed by atoms with Crippen LogP contribution in [0.2, 0.25) is 0 Å². The van der Waals surface area contributed by atoms with Crippen LogP contribution < -0.4 is 4.74 Å². The number of hydrogen-bond donors (Lipinski definition) is 0. The van der Waals surface area contributed by atoms with Gasteiger partial charge in [0, 0.05) is 11.1 Å². The molecule has 1 heterocycles. The van der Waals surface area contributed by atoms with Gasteiger partial charge in [-0.05, 0) is 57.5 Å². The summed E-state index contributed by atoms with van der Waals surface area (Å²) in [6.07, 6.45) is -4.46. The van der Waals surface area contributed by atoms with E-state index in [1.54, 1.807) is 7.11 Å². The molecular formula is C34H29F3O2S. The molecule has 0 fully saturated rings. The molecule has 4 aromatic carbocycles. The first-order valence-corrected chi connectivity index (χ1v) is 14.0. The number of benzene rings is 4. The van der Waals surface area contributed by atoms with Crippen LogP contribution in [0.15, 0.2) is 103 Å². The third-order valence-electron chi connectivity index (χ3n) is 7.00. The molecule has 5 rings (SSSR count). The topological polar surface area (TPSA) is 26.3 Å². The molecule has 0 aliphatic carbocycles. The van der Waals surface area contributed by atoms with Gasteiger partial charge in [0.2, 0.25) is 0 Å². The van der Waals surface area contributed by atoms with Crippen LogP contribution in [0.4, 0.5) is 13.2 Å². The predicted octanol–water partition coefficient (Wildman–Crippen LogP) is 9.21. The Bertz CT molecular complexity index is 1610. The van der Waals surface area contributed by atoms with Crippen molar-refractivity contribution in [3.63, 3.8) is 0 Å². The van der Waals surface area contributed by atoms with E-state index in [0.29, 0.717) is 21.1 Å². The fourth-order valence-corrected chi connectivity index (χ4v) is 6.58. The van der Waals surface area contributed by atoms with Crippen LogP contribution in [0, 0.1) is 0 Å². The van der Waals surface area contributed by atoms with E-state index in [1.165, 1.54) is 12.1 Å². The lowest BCUT2D eigenvalue weighted by Gasteiger charge is -2.19. The highest BCUT2D eigenvalue weighted by atomic mass is 32.2. The van der Waals surface area contributed by atoms with Crippen molar-refractivity contribution in [2.24, 2.45) is 0 Å². The summed E-state index contributed by atoms with van der Waals surface area (Å²) in [6.45, 7) is 6.40. The summed E-state index contributed by atoms with van der Waals surface area (Å²) in [6, 6.07) is 30.1. The van der Waals surface area contributed by atoms with E-state index in [4.69, 9.17) is 4.74 Å². The first-order chi connectivity index (χ1) is 19.0. The lowest BCUT2D eigenvalue weighted by atomic mass is 9.86. The van der Waals surface area contributed by atoms with Crippen molar-refractivity contribution in [2.45, 2.75) is 32.4 Å². The Kier molecular flexibility index (Phi) is 7.32. The second-order valence-electron chi connectivity index (χ2n) is 10.7. The summed E-state index contributed by atoms with van der Waals surface area (Å²) in [5.41, 5.74) is 4.81. The Morgan fingerprint density at radius 3 is 1.43 bits per heavy atom. The first-order valence-electron chi connectivity index (χ1n) is 12.9. The van der Waals surface area contributed by atoms with Gasteiger partial charge in [0.05, 0.1) is 33.3 Å². The number of hydrogen-bond acceptors (Lipinski definition) is 2. The zero-order valence-corrected chi connectivity index (χ0v) is 23.5. The lowest BCUT2D eigenvalue weighted by molar-refractivity contribution is -0.137. The molecule has 0 bridgehead atoms. The number of allylic oxidation sites excluding steroid dienone is 2. The van der Waals surface area contributed by atoms with E-state index < -0.39 is 22.5 Å². The van der Waals surface area contributed by atoms with Crippen molar-refractivity contribution >= 4 is 31.8 Å². The molecular weight excluding hydrogens is 529 g/mol. The van der Waals surface area contributed by atoms with Gasteiger partial charge in [-0.3, -0.25) is 0 Å². The Balaban J connectivity index is 1.79. The maximum Gasteiger partial charge on any atom is 0.416 e. The molecule has 0 aromatic heterocycles. The molecule has 1 unspecified atom stereocenters. The zero-order valence-electron chi connectivity index (χ0n) is 22.7. The number of alkyl halides is 3. The smallest absolute Gasteiger partial charge is 0.416 e. The Morgan fingerprint density at radius 1 is 0.575 bits per heavy atom. The lowest BCUT2D eigenvalue weighted by Crippen LogP contribution is -2.10. The van der Waals surface area contributed by atoms with E-state index in [0.717, 1.165) is 45.5 Å². The minimum atomic E-state index is -4.46. The molecule has 6 heteroatoms. The number of halogens is 3. The molecule has 1 atom stereocenters. The van der Waals surface area contributed by atoms with Crippen molar-refractivity contribution in [2.75, 3.05) is 7.11 Å². The molecule has 204 valence electrons. The molecule has 0 N–H and O–H groups in total. The van der Waals surface area contributed by atoms with E-state index in [1.807, 2.05) is 78.9 Å². The van der Waals surface area contributed by atoms with Gasteiger partial charge in [-0.1, -0.05) is 99.6 Å². The number of ether oxygens (including phenoxy) is 1. The second kappa shape index (κ2) is 10.6. The molecule has 0 radical (unpaired) electrons. The van der Waals surface area contributed by atoms with E-state index in [-0.39, 0.29) is 5.41 Å². The third kappa shape index (κ3) is 5.28. The maximum atomic E-state index is 14.5. The highest BCUT2D eigenvalue weighted by Crippen LogP contribution is 2.52. The number of rotatable bonds is 5. The Labute approximate surface area is 235 Å². The monoisotopic (exact) mass is 558 g/mol. The fraction of sp³-hybridized carbons (Fsp3) is 0.176. The quantitative estimate of drug-likeness (QED) is 0.244. The van der Waals surface area contributed by atoms with Crippen LogP contribution in [0.5, 0.6) is 5.75 Å². The molecule has 0 spiro atoms. The summed E-state index contributed by atoms with van der Waals surface area (Å²) < 4.78 is 60.0. The summed E-state index contributed by atoms with van der Waals surface area (Å²) in [5, 5.41) is 0. The standard InChI is InChI=1S/C34H29F3O2S/c1-33(2,3)26-16-10-24(11-17-26)32-30(23-14-20-28(39-4)21-15-23)29(22-8-6-5-7-9-22)31(40(32)38)25-12-18-27(19-13-25)34(35,36)37/h5-21H,1-4H3. The molecule has 0 saturated carbocycles. The molecule has 4 aromatic rings. The van der Waals surface area contributed by atoms with Gasteiger partial charge in [0.15, 0.2) is 0 Å². The van der Waals surface area contributed by atoms with Gasteiger partial charge < -0.3 is 4.74 Å². The van der Waals surface area contributed by atoms with Crippen molar-refractivity contribution in [3.05, 3.63) is 137 Å². The zero-order chi connectivity index (χ0) is 28.7. The molecule has 0 saturated heterocycles. The van der Waals surface area contributed by atoms with Gasteiger partial charge in [0.25, 0.3) is 0 Å². The third-order valence-corrected chi connectivity index (χ3v) is 8.62. The van der Waals surface area contributed by atoms with Crippen LogP contribution in [0.25, 0.3) is 21.0 Å². The van der Waals surface area contributed by atoms with Gasteiger partial charge in [-0.25, -0.2) is 4.21 Å². The molecule has 40 heavy (non-hydrogen) atoms. The molecule has 2 nitrogen and oxygen atoms in total. The Morgan fingerprint density at radius 2 is 1.00 bits per heavy atom. The van der Waals surface area contributed by atoms with E-state index >= 15 is 0 Å². The average Bonchev–Trinajstić information content (AvgIpc) is 3.25. The average molecular weight is 559 g/mol. The molecule has 1 aliphatic rings. The van der Waals surface area contributed by atoms with E-state index in [2.05, 4.69) is 20.8 Å². The van der Waals surface area contributed by atoms with Gasteiger partial charge in [-0.15, -0.1) is 0 Å². The fourth-order valence-electron chi connectivity index (χ4n) is 4.86. The van der Waals surface area contributed by atoms with Crippen molar-refractivity contribution in [1.82, 2.24) is 0 Å². The predicted molar refractivity (Wildman–Crippen MR) is 158 cm³/mol. The minimum absolute atomic E-state index is 0.0562. The second-order valence-corrected chi connectivity index (χ2v) is 12.0. The summed E-state index contributed by atoms with van der Waals surface area (Å²) in [5.74, 6) is 0.688. The highest BCUT2D eigenvalue weighted by Gasteiger charge is 2.36. The highest BCUT2D eigenvalue weighted by molar-refractivity contribution is 8.04. The van der Waals surface area contributed by atoms with Crippen LogP contribution in [-0.4, -0.2) is 11.3 Å². The molecule has 1 aliphatic heterocycles. The largest absolute Gasteiger partial charge is 0.497 e. The van der Waals surface area contributed by atoms with Gasteiger partial charge >= 0.3 is 6.18 Å². The van der Waals surface area contributed by atoms with Crippen LogP contribution in [0.3, 0.4) is 0 Å². The normalized spacial score (nSPS) is 16.0. The maximum absolute atomic E-state index is 14.5. The minimum Gasteiger partial charge on any atom is -0.497 e. The van der Waals surface area contributed by atoms with Crippen LogP contribution in [-0.2, 0) is 22.4 Å². The van der Waals surface area contributed by atoms with Gasteiger partial charge in [0.1, 0.15) is 5.75 Å². The number of methoxy groups -OCH3 is 1. The Hall–Kier alpha value is -3.90. The van der Waals surface area contributed by atoms with E-state index in [9.17, 15) is 17.4 Å². The summed E-state index contributed by atoms with van der Waals surface area (Å²) >= 11 is 0. The first kappa shape index (κ1) is 27.7. The van der Waals surface area contributed by atoms with Gasteiger partial charge in [-0.2, -0.15) is 13.2 Å². The summed E-state index contributed by atoms with van der Waals surface area (Å²) in [4.78, 5) is 1.11. The SMILES string of the molecule is COc1ccc(C2=C(c3ccc(C(C)(C)C)cc3)S(=O)C(c3ccc(C(F)(F)F)cc3)=C2c2ccccc2)cc1. The van der Waals surface area contributed by atoms with Crippen molar-refractivity contribution in [3.8, 4) is 5.75 Å².